The molecule has 0 radical (unpaired) electrons. The number of piperidine rings is 2. The summed E-state index contributed by atoms with van der Waals surface area (Å²) in [6, 6.07) is 9.39. The second-order valence-electron chi connectivity index (χ2n) is 8.66. The van der Waals surface area contributed by atoms with Crippen molar-refractivity contribution in [3.63, 3.8) is 0 Å². The Morgan fingerprint density at radius 2 is 1.86 bits per heavy atom. The molecular formula is C22H30ClF3N6O3. The summed E-state index contributed by atoms with van der Waals surface area (Å²) in [5.74, 6) is -1.67. The van der Waals surface area contributed by atoms with Crippen molar-refractivity contribution in [2.24, 2.45) is 0 Å². The number of carbonyl (C=O) groups is 1. The number of benzene rings is 1. The lowest BCUT2D eigenvalue weighted by molar-refractivity contribution is -0.192. The van der Waals surface area contributed by atoms with Gasteiger partial charge in [-0.05, 0) is 49.8 Å². The Kier molecular flexibility index (Phi) is 9.20. The molecule has 0 spiro atoms. The number of nitrogen functional groups attached to an aromatic ring is 1. The van der Waals surface area contributed by atoms with E-state index >= 15 is 0 Å². The summed E-state index contributed by atoms with van der Waals surface area (Å²) in [5, 5.41) is 14.9. The number of likely N-dealkylation sites (tertiary alicyclic amines) is 1. The van der Waals surface area contributed by atoms with Gasteiger partial charge in [0.15, 0.2) is 0 Å². The summed E-state index contributed by atoms with van der Waals surface area (Å²) >= 11 is 6.06. The summed E-state index contributed by atoms with van der Waals surface area (Å²) < 4.78 is 37.4. The smallest absolute Gasteiger partial charge is 0.475 e. The molecule has 0 bridgehead atoms. The number of carboxylic acid groups (broad SMARTS) is 1. The standard InChI is InChI=1S/C20H29ClN6O.C2HF3O2/c1-28-18-7-6-17(12-14-2-4-15(21)5-3-14)27(13-18)16-8-10-26(11-9-16)20-23-19(22)24-25-20;3-2(4,5)1(6)7/h2-5,16-18H,6-13H2,1H3,(H3,22,23,24,25);(H,6,7)/t17-,18-;/m1./s1. The number of halogens is 4. The number of aromatic amines is 1. The molecular weight excluding hydrogens is 489 g/mol. The van der Waals surface area contributed by atoms with Crippen LogP contribution in [0, 0.1) is 0 Å². The fourth-order valence-corrected chi connectivity index (χ4v) is 4.70. The second kappa shape index (κ2) is 11.9. The van der Waals surface area contributed by atoms with Gasteiger partial charge < -0.3 is 20.5 Å². The Labute approximate surface area is 206 Å². The lowest BCUT2D eigenvalue weighted by Crippen LogP contribution is -2.55. The van der Waals surface area contributed by atoms with E-state index in [9.17, 15) is 13.2 Å². The van der Waals surface area contributed by atoms with E-state index in [1.54, 1.807) is 0 Å². The molecule has 35 heavy (non-hydrogen) atoms. The zero-order chi connectivity index (χ0) is 25.6. The van der Waals surface area contributed by atoms with Crippen LogP contribution in [-0.2, 0) is 16.0 Å². The molecule has 2 saturated heterocycles. The largest absolute Gasteiger partial charge is 0.490 e. The first-order valence-corrected chi connectivity index (χ1v) is 11.7. The van der Waals surface area contributed by atoms with Gasteiger partial charge in [-0.1, -0.05) is 23.7 Å². The van der Waals surface area contributed by atoms with Crippen LogP contribution in [0.25, 0.3) is 0 Å². The molecule has 2 fully saturated rings. The number of nitrogens with one attached hydrogen (secondary N) is 1. The molecule has 2 aliphatic rings. The number of methoxy groups -OCH3 is 1. The number of hydrogen-bond donors (Lipinski definition) is 3. The minimum atomic E-state index is -5.08. The SMILES string of the molecule is CO[C@@H]1CC[C@H](Cc2ccc(Cl)cc2)N(C2CCN(c3n[nH]c(N)n3)CC2)C1.O=C(O)C(F)(F)F. The Bertz CT molecular complexity index is 951. The van der Waals surface area contributed by atoms with Crippen LogP contribution in [0.15, 0.2) is 24.3 Å². The fourth-order valence-electron chi connectivity index (χ4n) is 4.58. The van der Waals surface area contributed by atoms with Crippen molar-refractivity contribution < 1.29 is 27.8 Å². The molecule has 9 nitrogen and oxygen atoms in total. The van der Waals surface area contributed by atoms with Gasteiger partial charge in [0.05, 0.1) is 6.10 Å². The fraction of sp³-hybridized carbons (Fsp3) is 0.591. The number of alkyl halides is 3. The molecule has 0 aliphatic carbocycles. The maximum atomic E-state index is 10.6. The number of carboxylic acids is 1. The van der Waals surface area contributed by atoms with E-state index in [-0.39, 0.29) is 0 Å². The molecule has 1 aromatic carbocycles. The van der Waals surface area contributed by atoms with E-state index in [1.165, 1.54) is 12.0 Å². The maximum Gasteiger partial charge on any atom is 0.490 e. The van der Waals surface area contributed by atoms with Crippen LogP contribution >= 0.6 is 11.6 Å². The predicted octanol–water partition coefficient (Wildman–Crippen LogP) is 3.36. The third-order valence-corrected chi connectivity index (χ3v) is 6.62. The van der Waals surface area contributed by atoms with E-state index in [2.05, 4.69) is 37.1 Å². The van der Waals surface area contributed by atoms with Crippen molar-refractivity contribution in [2.45, 2.75) is 56.5 Å². The number of anilines is 2. The highest BCUT2D eigenvalue weighted by Crippen LogP contribution is 2.29. The second-order valence-corrected chi connectivity index (χ2v) is 9.09. The third kappa shape index (κ3) is 7.71. The monoisotopic (exact) mass is 518 g/mol. The highest BCUT2D eigenvalue weighted by molar-refractivity contribution is 6.30. The summed E-state index contributed by atoms with van der Waals surface area (Å²) in [7, 11) is 1.83. The zero-order valence-corrected chi connectivity index (χ0v) is 20.1. The molecule has 3 heterocycles. The van der Waals surface area contributed by atoms with Gasteiger partial charge in [-0.3, -0.25) is 4.90 Å². The van der Waals surface area contributed by atoms with E-state index in [0.29, 0.717) is 30.1 Å². The Morgan fingerprint density at radius 3 is 2.37 bits per heavy atom. The normalized spacial score (nSPS) is 21.9. The maximum absolute atomic E-state index is 10.6. The third-order valence-electron chi connectivity index (χ3n) is 6.37. The van der Waals surface area contributed by atoms with Gasteiger partial charge in [-0.25, -0.2) is 9.89 Å². The average Bonchev–Trinajstić information content (AvgIpc) is 3.27. The first-order chi connectivity index (χ1) is 16.6. The van der Waals surface area contributed by atoms with Crippen molar-refractivity contribution in [1.82, 2.24) is 20.1 Å². The topological polar surface area (TPSA) is 121 Å². The van der Waals surface area contributed by atoms with E-state index in [1.807, 2.05) is 19.2 Å². The first kappa shape index (κ1) is 27.0. The van der Waals surface area contributed by atoms with Crippen LogP contribution in [0.3, 0.4) is 0 Å². The molecule has 13 heteroatoms. The highest BCUT2D eigenvalue weighted by atomic mass is 35.5. The summed E-state index contributed by atoms with van der Waals surface area (Å²) in [6.45, 7) is 2.90. The van der Waals surface area contributed by atoms with Gasteiger partial charge in [-0.2, -0.15) is 18.2 Å². The van der Waals surface area contributed by atoms with Crippen molar-refractivity contribution in [2.75, 3.05) is 37.4 Å². The van der Waals surface area contributed by atoms with Crippen LogP contribution in [-0.4, -0.2) is 82.3 Å². The number of H-pyrrole nitrogens is 1. The molecule has 2 aromatic rings. The van der Waals surface area contributed by atoms with E-state index < -0.39 is 12.1 Å². The number of hydrogen-bond acceptors (Lipinski definition) is 7. The first-order valence-electron chi connectivity index (χ1n) is 11.3. The number of aliphatic carboxylic acids is 1. The molecule has 0 unspecified atom stereocenters. The molecule has 2 aliphatic heterocycles. The van der Waals surface area contributed by atoms with Crippen LogP contribution in [0.2, 0.25) is 5.02 Å². The van der Waals surface area contributed by atoms with Gasteiger partial charge in [-0.15, -0.1) is 5.10 Å². The number of aromatic nitrogens is 3. The van der Waals surface area contributed by atoms with Crippen molar-refractivity contribution in [3.8, 4) is 0 Å². The van der Waals surface area contributed by atoms with Crippen molar-refractivity contribution in [1.29, 1.82) is 0 Å². The van der Waals surface area contributed by atoms with Crippen molar-refractivity contribution >= 4 is 29.5 Å². The minimum Gasteiger partial charge on any atom is -0.475 e. The molecule has 0 saturated carbocycles. The van der Waals surface area contributed by atoms with E-state index in [4.69, 9.17) is 32.0 Å². The number of ether oxygens (including phenoxy) is 1. The number of nitrogens with two attached hydrogens (primary N) is 1. The van der Waals surface area contributed by atoms with Gasteiger partial charge in [0.25, 0.3) is 0 Å². The zero-order valence-electron chi connectivity index (χ0n) is 19.3. The number of nitrogens with zero attached hydrogens (tertiary/aromatic N) is 4. The molecule has 1 aromatic heterocycles. The number of rotatable bonds is 5. The Morgan fingerprint density at radius 1 is 1.23 bits per heavy atom. The van der Waals surface area contributed by atoms with Crippen LogP contribution in [0.5, 0.6) is 0 Å². The van der Waals surface area contributed by atoms with Crippen LogP contribution in [0.1, 0.15) is 31.2 Å². The summed E-state index contributed by atoms with van der Waals surface area (Å²) in [6.07, 6.45) is 0.793. The molecule has 2 atom stereocenters. The summed E-state index contributed by atoms with van der Waals surface area (Å²) in [5.41, 5.74) is 7.03. The van der Waals surface area contributed by atoms with Crippen LogP contribution < -0.4 is 10.6 Å². The molecule has 4 rings (SSSR count). The molecule has 4 N–H and O–H groups in total. The lowest BCUT2D eigenvalue weighted by Gasteiger charge is -2.46. The Balaban J connectivity index is 0.000000429. The quantitative estimate of drug-likeness (QED) is 0.551. The van der Waals surface area contributed by atoms with Gasteiger partial charge in [0, 0.05) is 43.9 Å². The van der Waals surface area contributed by atoms with Gasteiger partial charge >= 0.3 is 12.1 Å². The van der Waals surface area contributed by atoms with Crippen molar-refractivity contribution in [3.05, 3.63) is 34.9 Å². The predicted molar refractivity (Wildman–Crippen MR) is 125 cm³/mol. The van der Waals surface area contributed by atoms with Gasteiger partial charge in [0.1, 0.15) is 0 Å². The Hall–Kier alpha value is -2.57. The molecule has 0 amide bonds. The van der Waals surface area contributed by atoms with Gasteiger partial charge in [0.2, 0.25) is 11.9 Å². The molecule has 194 valence electrons. The average molecular weight is 519 g/mol. The minimum absolute atomic E-state index is 0.326. The summed E-state index contributed by atoms with van der Waals surface area (Å²) in [4.78, 5) is 18.1. The van der Waals surface area contributed by atoms with E-state index in [0.717, 1.165) is 50.3 Å². The highest BCUT2D eigenvalue weighted by Gasteiger charge is 2.38. The lowest BCUT2D eigenvalue weighted by atomic mass is 9.90. The van der Waals surface area contributed by atoms with Crippen LogP contribution in [0.4, 0.5) is 25.1 Å².